The Hall–Kier alpha value is -1.56. The number of rotatable bonds is 6. The van der Waals surface area contributed by atoms with Gasteiger partial charge >= 0.3 is 0 Å². The van der Waals surface area contributed by atoms with Crippen LogP contribution < -0.4 is 15.8 Å². The maximum absolute atomic E-state index is 12.1. The van der Waals surface area contributed by atoms with E-state index >= 15 is 0 Å². The number of carbonyl (C=O) groups excluding carboxylic acids is 1. The number of anilines is 1. The third-order valence-corrected chi connectivity index (χ3v) is 3.56. The molecule has 5 nitrogen and oxygen atoms in total. The van der Waals surface area contributed by atoms with Crippen LogP contribution in [0, 0.1) is 0 Å². The van der Waals surface area contributed by atoms with Gasteiger partial charge in [0, 0.05) is 28.9 Å². The Morgan fingerprint density at radius 1 is 1.53 bits per heavy atom. The maximum atomic E-state index is 12.1. The molecule has 0 saturated carbocycles. The molecule has 0 aliphatic carbocycles. The first-order valence-corrected chi connectivity index (χ1v) is 7.71. The van der Waals surface area contributed by atoms with Gasteiger partial charge in [0.1, 0.15) is 5.75 Å². The van der Waals surface area contributed by atoms with Crippen LogP contribution in [-0.4, -0.2) is 35.3 Å². The molecule has 2 unspecified atom stereocenters. The van der Waals surface area contributed by atoms with Crippen molar-refractivity contribution in [1.82, 2.24) is 5.32 Å². The number of nitrogen functional groups attached to an aromatic ring is 1. The predicted molar refractivity (Wildman–Crippen MR) is 77.9 cm³/mol. The van der Waals surface area contributed by atoms with Gasteiger partial charge in [0.2, 0.25) is 0 Å². The lowest BCUT2D eigenvalue weighted by Crippen LogP contribution is -2.34. The average molecular weight is 284 g/mol. The van der Waals surface area contributed by atoms with E-state index in [-0.39, 0.29) is 11.9 Å². The Kier molecular flexibility index (Phi) is 5.82. The molecule has 19 heavy (non-hydrogen) atoms. The van der Waals surface area contributed by atoms with Crippen molar-refractivity contribution in [2.75, 3.05) is 24.9 Å². The van der Waals surface area contributed by atoms with Gasteiger partial charge in [0.25, 0.3) is 5.91 Å². The van der Waals surface area contributed by atoms with E-state index in [1.54, 1.807) is 24.5 Å². The predicted octanol–water partition coefficient (Wildman–Crippen LogP) is 1.16. The summed E-state index contributed by atoms with van der Waals surface area (Å²) >= 11 is 0. The number of hydrogen-bond donors (Lipinski definition) is 2. The number of para-hydroxylation sites is 1. The van der Waals surface area contributed by atoms with Gasteiger partial charge < -0.3 is 15.8 Å². The van der Waals surface area contributed by atoms with E-state index in [1.165, 1.54) is 7.11 Å². The third-order valence-electron chi connectivity index (χ3n) is 2.75. The molecule has 6 heteroatoms. The van der Waals surface area contributed by atoms with E-state index in [9.17, 15) is 9.00 Å². The summed E-state index contributed by atoms with van der Waals surface area (Å²) in [7, 11) is 0.656. The number of hydrogen-bond acceptors (Lipinski definition) is 4. The zero-order valence-electron chi connectivity index (χ0n) is 11.4. The van der Waals surface area contributed by atoms with E-state index in [0.717, 1.165) is 0 Å². The topological polar surface area (TPSA) is 81.4 Å². The molecule has 0 aromatic heterocycles. The summed E-state index contributed by atoms with van der Waals surface area (Å²) in [5.41, 5.74) is 6.58. The highest BCUT2D eigenvalue weighted by Gasteiger charge is 2.15. The molecule has 0 heterocycles. The standard InChI is InChI=1S/C13H20N2O3S/c1-9(7-8-19(3)17)15-13(16)10-5-4-6-11(18-2)12(10)14/h4-6,9H,7-8,14H2,1-3H3,(H,15,16). The van der Waals surface area contributed by atoms with Gasteiger partial charge in [-0.05, 0) is 25.5 Å². The van der Waals surface area contributed by atoms with Gasteiger partial charge in [-0.2, -0.15) is 0 Å². The van der Waals surface area contributed by atoms with Crippen molar-refractivity contribution in [3.63, 3.8) is 0 Å². The molecule has 0 bridgehead atoms. The quantitative estimate of drug-likeness (QED) is 0.768. The lowest BCUT2D eigenvalue weighted by Gasteiger charge is -2.15. The Bertz CT molecular complexity index is 477. The molecule has 1 aromatic carbocycles. The fourth-order valence-electron chi connectivity index (χ4n) is 1.64. The van der Waals surface area contributed by atoms with E-state index in [1.807, 2.05) is 6.92 Å². The van der Waals surface area contributed by atoms with Crippen molar-refractivity contribution in [2.24, 2.45) is 0 Å². The van der Waals surface area contributed by atoms with Crippen molar-refractivity contribution in [3.8, 4) is 5.75 Å². The third kappa shape index (κ3) is 4.55. The number of amides is 1. The molecule has 106 valence electrons. The van der Waals surface area contributed by atoms with Gasteiger partial charge in [-0.25, -0.2) is 0 Å². The SMILES string of the molecule is COc1cccc(C(=O)NC(C)CCS(C)=O)c1N. The van der Waals surface area contributed by atoms with Crippen LogP contribution in [0.25, 0.3) is 0 Å². The van der Waals surface area contributed by atoms with Crippen LogP contribution in [-0.2, 0) is 10.8 Å². The molecule has 3 N–H and O–H groups in total. The second kappa shape index (κ2) is 7.13. The second-order valence-corrected chi connectivity index (χ2v) is 5.92. The van der Waals surface area contributed by atoms with Gasteiger partial charge in [-0.1, -0.05) is 6.07 Å². The summed E-state index contributed by atoms with van der Waals surface area (Å²) in [5, 5.41) is 2.83. The molecule has 1 rings (SSSR count). The van der Waals surface area contributed by atoms with Crippen molar-refractivity contribution in [1.29, 1.82) is 0 Å². The minimum Gasteiger partial charge on any atom is -0.495 e. The Labute approximate surface area is 116 Å². The molecule has 0 saturated heterocycles. The molecular formula is C13H20N2O3S. The molecule has 0 fully saturated rings. The zero-order valence-corrected chi connectivity index (χ0v) is 12.3. The minimum absolute atomic E-state index is 0.0537. The summed E-state index contributed by atoms with van der Waals surface area (Å²) in [4.78, 5) is 12.1. The fourth-order valence-corrected chi connectivity index (χ4v) is 2.32. The Morgan fingerprint density at radius 2 is 2.21 bits per heavy atom. The maximum Gasteiger partial charge on any atom is 0.253 e. The van der Waals surface area contributed by atoms with Crippen LogP contribution in [0.1, 0.15) is 23.7 Å². The molecule has 1 amide bonds. The van der Waals surface area contributed by atoms with Crippen molar-refractivity contribution < 1.29 is 13.7 Å². The van der Waals surface area contributed by atoms with Gasteiger partial charge in [0.05, 0.1) is 18.4 Å². The summed E-state index contributed by atoms with van der Waals surface area (Å²) in [5.74, 6) is 0.801. The number of nitrogens with one attached hydrogen (secondary N) is 1. The van der Waals surface area contributed by atoms with Gasteiger partial charge in [-0.15, -0.1) is 0 Å². The normalized spacial score (nSPS) is 13.6. The molecule has 2 atom stereocenters. The summed E-state index contributed by atoms with van der Waals surface area (Å²) in [6, 6.07) is 5.02. The fraction of sp³-hybridized carbons (Fsp3) is 0.462. The Morgan fingerprint density at radius 3 is 2.79 bits per heavy atom. The zero-order chi connectivity index (χ0) is 14.4. The number of ether oxygens (including phenoxy) is 1. The van der Waals surface area contributed by atoms with Crippen LogP contribution >= 0.6 is 0 Å². The van der Waals surface area contributed by atoms with Crippen LogP contribution in [0.5, 0.6) is 5.75 Å². The first-order valence-electron chi connectivity index (χ1n) is 5.99. The summed E-state index contributed by atoms with van der Waals surface area (Å²) in [6.45, 7) is 1.88. The van der Waals surface area contributed by atoms with Gasteiger partial charge in [0.15, 0.2) is 0 Å². The van der Waals surface area contributed by atoms with E-state index in [0.29, 0.717) is 29.2 Å². The van der Waals surface area contributed by atoms with Crippen molar-refractivity contribution in [2.45, 2.75) is 19.4 Å². The number of benzene rings is 1. The van der Waals surface area contributed by atoms with Crippen LogP contribution in [0.4, 0.5) is 5.69 Å². The molecule has 0 aliphatic rings. The molecule has 1 aromatic rings. The van der Waals surface area contributed by atoms with Gasteiger partial charge in [-0.3, -0.25) is 9.00 Å². The van der Waals surface area contributed by atoms with Crippen LogP contribution in [0.2, 0.25) is 0 Å². The Balaban J connectivity index is 2.70. The first-order chi connectivity index (χ1) is 8.95. The second-order valence-electron chi connectivity index (χ2n) is 4.36. The minimum atomic E-state index is -0.851. The largest absolute Gasteiger partial charge is 0.495 e. The highest BCUT2D eigenvalue weighted by atomic mass is 32.2. The first kappa shape index (κ1) is 15.5. The average Bonchev–Trinajstić information content (AvgIpc) is 2.36. The summed E-state index contributed by atoms with van der Waals surface area (Å²) < 4.78 is 16.1. The monoisotopic (exact) mass is 284 g/mol. The van der Waals surface area contributed by atoms with E-state index in [2.05, 4.69) is 5.32 Å². The smallest absolute Gasteiger partial charge is 0.253 e. The van der Waals surface area contributed by atoms with E-state index in [4.69, 9.17) is 10.5 Å². The van der Waals surface area contributed by atoms with Crippen molar-refractivity contribution in [3.05, 3.63) is 23.8 Å². The molecule has 0 aliphatic heterocycles. The highest BCUT2D eigenvalue weighted by molar-refractivity contribution is 7.84. The lowest BCUT2D eigenvalue weighted by atomic mass is 10.1. The van der Waals surface area contributed by atoms with Crippen LogP contribution in [0.3, 0.4) is 0 Å². The lowest BCUT2D eigenvalue weighted by molar-refractivity contribution is 0.0940. The highest BCUT2D eigenvalue weighted by Crippen LogP contribution is 2.24. The van der Waals surface area contributed by atoms with E-state index < -0.39 is 10.8 Å². The number of carbonyl (C=O) groups is 1. The molecule has 0 spiro atoms. The number of methoxy groups -OCH3 is 1. The van der Waals surface area contributed by atoms with Crippen molar-refractivity contribution >= 4 is 22.4 Å². The molecule has 0 radical (unpaired) electrons. The summed E-state index contributed by atoms with van der Waals surface area (Å²) in [6.07, 6.45) is 2.31. The van der Waals surface area contributed by atoms with Crippen LogP contribution in [0.15, 0.2) is 18.2 Å². The number of nitrogens with two attached hydrogens (primary N) is 1. The molecular weight excluding hydrogens is 264 g/mol.